The van der Waals surface area contributed by atoms with Crippen LogP contribution in [0.4, 0.5) is 8.78 Å². The van der Waals surface area contributed by atoms with Crippen molar-refractivity contribution < 1.29 is 8.78 Å². The maximum atomic E-state index is 13.3. The third-order valence-electron chi connectivity index (χ3n) is 2.70. The normalized spacial score (nSPS) is 19.7. The summed E-state index contributed by atoms with van der Waals surface area (Å²) < 4.78 is 25.2. The fraction of sp³-hybridized carbons (Fsp3) is 0.455. The number of benzene rings is 1. The van der Waals surface area contributed by atoms with E-state index < -0.39 is 0 Å². The van der Waals surface area contributed by atoms with Crippen LogP contribution >= 0.6 is 0 Å². The Kier molecular flexibility index (Phi) is 2.77. The Bertz CT molecular complexity index is 325. The molecule has 2 rings (SSSR count). The molecule has 1 N–H and O–H groups in total. The van der Waals surface area contributed by atoms with Gasteiger partial charge in [0.05, 0.1) is 0 Å². The number of halogens is 2. The van der Waals surface area contributed by atoms with Crippen LogP contribution in [-0.4, -0.2) is 13.2 Å². The molecule has 0 radical (unpaired) electrons. The molecule has 0 saturated heterocycles. The summed E-state index contributed by atoms with van der Waals surface area (Å²) in [6.45, 7) is -0.0260. The number of alkyl halides is 1. The first-order valence-corrected chi connectivity index (χ1v) is 4.89. The van der Waals surface area contributed by atoms with Crippen molar-refractivity contribution in [2.45, 2.75) is 18.9 Å². The van der Waals surface area contributed by atoms with Crippen molar-refractivity contribution in [3.8, 4) is 0 Å². The molecule has 1 aliphatic rings. The number of hydrogen-bond donors (Lipinski definition) is 1. The monoisotopic (exact) mass is 197 g/mol. The van der Waals surface area contributed by atoms with E-state index in [1.165, 1.54) is 6.07 Å². The Labute approximate surface area is 82.1 Å². The molecule has 0 amide bonds. The summed E-state index contributed by atoms with van der Waals surface area (Å²) in [5.74, 6) is -0.132. The van der Waals surface area contributed by atoms with Gasteiger partial charge in [-0.05, 0) is 30.0 Å². The molecule has 1 unspecified atom stereocenters. The average molecular weight is 197 g/mol. The van der Waals surface area contributed by atoms with E-state index >= 15 is 0 Å². The zero-order chi connectivity index (χ0) is 9.97. The molecule has 1 aliphatic carbocycles. The molecule has 76 valence electrons. The maximum Gasteiger partial charge on any atom is 0.126 e. The van der Waals surface area contributed by atoms with Gasteiger partial charge in [0, 0.05) is 12.6 Å². The van der Waals surface area contributed by atoms with Crippen molar-refractivity contribution in [1.82, 2.24) is 5.32 Å². The molecular weight excluding hydrogens is 184 g/mol. The highest BCUT2D eigenvalue weighted by molar-refractivity contribution is 5.35. The van der Waals surface area contributed by atoms with Crippen molar-refractivity contribution in [2.75, 3.05) is 13.2 Å². The van der Waals surface area contributed by atoms with Crippen LogP contribution in [0.5, 0.6) is 0 Å². The molecule has 1 aromatic carbocycles. The Morgan fingerprint density at radius 3 is 3.07 bits per heavy atom. The Morgan fingerprint density at radius 2 is 2.29 bits per heavy atom. The summed E-state index contributed by atoms with van der Waals surface area (Å²) in [5, 5.41) is 3.07. The molecular formula is C11H13F2N. The number of nitrogens with one attached hydrogen (secondary N) is 1. The molecule has 0 heterocycles. The zero-order valence-corrected chi connectivity index (χ0v) is 7.89. The van der Waals surface area contributed by atoms with Crippen LogP contribution in [0.25, 0.3) is 0 Å². The highest BCUT2D eigenvalue weighted by Gasteiger charge is 2.23. The van der Waals surface area contributed by atoms with Gasteiger partial charge in [-0.15, -0.1) is 0 Å². The molecule has 0 aliphatic heterocycles. The molecule has 14 heavy (non-hydrogen) atoms. The van der Waals surface area contributed by atoms with Gasteiger partial charge < -0.3 is 5.32 Å². The SMILES string of the molecule is FCCNC1CCc2c(F)cccc21. The number of fused-ring (bicyclic) bond motifs is 1. The summed E-state index contributed by atoms with van der Waals surface area (Å²) in [5.41, 5.74) is 1.79. The minimum Gasteiger partial charge on any atom is -0.307 e. The van der Waals surface area contributed by atoms with Crippen LogP contribution in [0.3, 0.4) is 0 Å². The standard InChI is InChI=1S/C11H13F2N/c12-6-7-14-11-5-4-8-9(11)2-1-3-10(8)13/h1-3,11,14H,4-7H2. The first-order valence-electron chi connectivity index (χ1n) is 4.89. The average Bonchev–Trinajstić information content (AvgIpc) is 2.60. The maximum absolute atomic E-state index is 13.3. The predicted octanol–water partition coefficient (Wildman–Crippen LogP) is 2.37. The minimum absolute atomic E-state index is 0.132. The fourth-order valence-corrected chi connectivity index (χ4v) is 2.05. The lowest BCUT2D eigenvalue weighted by Gasteiger charge is -2.12. The molecule has 0 saturated carbocycles. The fourth-order valence-electron chi connectivity index (χ4n) is 2.05. The summed E-state index contributed by atoms with van der Waals surface area (Å²) in [4.78, 5) is 0. The second-order valence-electron chi connectivity index (χ2n) is 3.54. The molecule has 1 aromatic rings. The smallest absolute Gasteiger partial charge is 0.126 e. The van der Waals surface area contributed by atoms with E-state index in [0.717, 1.165) is 24.0 Å². The van der Waals surface area contributed by atoms with Gasteiger partial charge in [0.1, 0.15) is 12.5 Å². The lowest BCUT2D eigenvalue weighted by Crippen LogP contribution is -2.21. The van der Waals surface area contributed by atoms with E-state index in [2.05, 4.69) is 5.32 Å². The first kappa shape index (κ1) is 9.59. The highest BCUT2D eigenvalue weighted by Crippen LogP contribution is 2.32. The summed E-state index contributed by atoms with van der Waals surface area (Å²) >= 11 is 0. The van der Waals surface area contributed by atoms with E-state index in [4.69, 9.17) is 0 Å². The van der Waals surface area contributed by atoms with Crippen molar-refractivity contribution in [1.29, 1.82) is 0 Å². The van der Waals surface area contributed by atoms with Crippen molar-refractivity contribution in [3.05, 3.63) is 35.1 Å². The number of hydrogen-bond acceptors (Lipinski definition) is 1. The van der Waals surface area contributed by atoms with Crippen LogP contribution in [0.2, 0.25) is 0 Å². The van der Waals surface area contributed by atoms with Gasteiger partial charge in [0.25, 0.3) is 0 Å². The van der Waals surface area contributed by atoms with Gasteiger partial charge in [-0.3, -0.25) is 0 Å². The van der Waals surface area contributed by atoms with Gasteiger partial charge in [-0.2, -0.15) is 0 Å². The summed E-state index contributed by atoms with van der Waals surface area (Å²) in [7, 11) is 0. The Hall–Kier alpha value is -0.960. The van der Waals surface area contributed by atoms with Crippen molar-refractivity contribution in [2.24, 2.45) is 0 Å². The highest BCUT2D eigenvalue weighted by atomic mass is 19.1. The topological polar surface area (TPSA) is 12.0 Å². The van der Waals surface area contributed by atoms with Gasteiger partial charge in [-0.25, -0.2) is 8.78 Å². The molecule has 1 atom stereocenters. The minimum atomic E-state index is -0.374. The summed E-state index contributed by atoms with van der Waals surface area (Å²) in [6, 6.07) is 5.25. The van der Waals surface area contributed by atoms with Crippen LogP contribution < -0.4 is 5.32 Å². The van der Waals surface area contributed by atoms with Crippen LogP contribution in [0.15, 0.2) is 18.2 Å². The molecule has 0 fully saturated rings. The Morgan fingerprint density at radius 1 is 1.43 bits per heavy atom. The van der Waals surface area contributed by atoms with Gasteiger partial charge in [-0.1, -0.05) is 12.1 Å². The third kappa shape index (κ3) is 1.64. The van der Waals surface area contributed by atoms with E-state index in [1.54, 1.807) is 6.07 Å². The quantitative estimate of drug-likeness (QED) is 0.784. The number of rotatable bonds is 3. The largest absolute Gasteiger partial charge is 0.307 e. The molecule has 0 spiro atoms. The Balaban J connectivity index is 2.18. The lowest BCUT2D eigenvalue weighted by atomic mass is 10.1. The zero-order valence-electron chi connectivity index (χ0n) is 7.89. The van der Waals surface area contributed by atoms with E-state index in [0.29, 0.717) is 6.54 Å². The lowest BCUT2D eigenvalue weighted by molar-refractivity contribution is 0.433. The van der Waals surface area contributed by atoms with Gasteiger partial charge in [0.2, 0.25) is 0 Å². The van der Waals surface area contributed by atoms with Crippen molar-refractivity contribution in [3.63, 3.8) is 0 Å². The summed E-state index contributed by atoms with van der Waals surface area (Å²) in [6.07, 6.45) is 1.63. The van der Waals surface area contributed by atoms with E-state index in [9.17, 15) is 8.78 Å². The second kappa shape index (κ2) is 4.05. The van der Waals surface area contributed by atoms with Crippen LogP contribution in [0.1, 0.15) is 23.6 Å². The van der Waals surface area contributed by atoms with Crippen molar-refractivity contribution >= 4 is 0 Å². The predicted molar refractivity (Wildman–Crippen MR) is 51.4 cm³/mol. The molecule has 0 bridgehead atoms. The van der Waals surface area contributed by atoms with Gasteiger partial charge >= 0.3 is 0 Å². The first-order chi connectivity index (χ1) is 6.83. The van der Waals surface area contributed by atoms with Crippen LogP contribution in [-0.2, 0) is 6.42 Å². The molecule has 0 aromatic heterocycles. The molecule has 1 nitrogen and oxygen atoms in total. The molecule has 3 heteroatoms. The van der Waals surface area contributed by atoms with Crippen LogP contribution in [0, 0.1) is 5.82 Å². The third-order valence-corrected chi connectivity index (χ3v) is 2.70. The van der Waals surface area contributed by atoms with Gasteiger partial charge in [0.15, 0.2) is 0 Å². The van der Waals surface area contributed by atoms with E-state index in [1.807, 2.05) is 6.07 Å². The second-order valence-corrected chi connectivity index (χ2v) is 3.54. The van der Waals surface area contributed by atoms with E-state index in [-0.39, 0.29) is 18.5 Å².